The van der Waals surface area contributed by atoms with Gasteiger partial charge in [0.2, 0.25) is 0 Å². The lowest BCUT2D eigenvalue weighted by Crippen LogP contribution is -1.87. The summed E-state index contributed by atoms with van der Waals surface area (Å²) in [4.78, 5) is 4.20. The first kappa shape index (κ1) is 10.4. The molecule has 0 saturated carbocycles. The highest BCUT2D eigenvalue weighted by Gasteiger charge is 2.05. The molecule has 0 saturated heterocycles. The van der Waals surface area contributed by atoms with Gasteiger partial charge in [0.25, 0.3) is 0 Å². The molecule has 1 rings (SSSR count). The molecule has 0 amide bonds. The fraction of sp³-hybridized carbons (Fsp3) is 0.143. The van der Waals surface area contributed by atoms with Crippen LogP contribution in [0.3, 0.4) is 0 Å². The molecule has 0 bridgehead atoms. The van der Waals surface area contributed by atoms with Crippen molar-refractivity contribution in [2.24, 2.45) is 0 Å². The van der Waals surface area contributed by atoms with Crippen molar-refractivity contribution in [2.75, 3.05) is 7.11 Å². The second-order valence-electron chi connectivity index (χ2n) is 1.96. The second kappa shape index (κ2) is 5.13. The van der Waals surface area contributed by atoms with Crippen LogP contribution < -0.4 is 0 Å². The third-order valence-corrected chi connectivity index (χ3v) is 1.75. The van der Waals surface area contributed by atoms with Crippen molar-refractivity contribution >= 4 is 12.0 Å². The van der Waals surface area contributed by atoms with E-state index in [2.05, 4.69) is 14.3 Å². The van der Waals surface area contributed by atoms with Gasteiger partial charge in [0.15, 0.2) is 0 Å². The third-order valence-electron chi connectivity index (χ3n) is 1.11. The van der Waals surface area contributed by atoms with Crippen LogP contribution in [0.25, 0.3) is 0 Å². The highest BCUT2D eigenvalue weighted by atomic mass is 32.2. The molecule has 0 aliphatic rings. The lowest BCUT2D eigenvalue weighted by atomic mass is 10.3. The van der Waals surface area contributed by atoms with Gasteiger partial charge in [-0.3, -0.25) is 0 Å². The summed E-state index contributed by atoms with van der Waals surface area (Å²) in [5.74, 6) is -1.36. The van der Waals surface area contributed by atoms with Gasteiger partial charge in [-0.05, 0) is 12.1 Å². The Morgan fingerprint density at radius 1 is 1.31 bits per heavy atom. The largest absolute Gasteiger partial charge is 0.209 e. The SMILES string of the molecule is COOOSc1ccc(F)cc1F. The third kappa shape index (κ3) is 3.27. The topological polar surface area (TPSA) is 27.7 Å². The van der Waals surface area contributed by atoms with Crippen molar-refractivity contribution in [1.82, 2.24) is 0 Å². The van der Waals surface area contributed by atoms with Gasteiger partial charge in [-0.15, -0.1) is 4.33 Å². The number of halogens is 2. The molecule has 1 aromatic carbocycles. The molecular formula is C7H6F2O3S. The van der Waals surface area contributed by atoms with E-state index in [0.29, 0.717) is 12.0 Å². The van der Waals surface area contributed by atoms with Gasteiger partial charge < -0.3 is 0 Å². The molecule has 0 aliphatic heterocycles. The van der Waals surface area contributed by atoms with Crippen LogP contribution in [0.4, 0.5) is 8.78 Å². The summed E-state index contributed by atoms with van der Waals surface area (Å²) in [6.07, 6.45) is 0. The maximum atomic E-state index is 12.8. The van der Waals surface area contributed by atoms with Gasteiger partial charge in [0.05, 0.1) is 24.0 Å². The number of rotatable bonds is 4. The van der Waals surface area contributed by atoms with Gasteiger partial charge >= 0.3 is 0 Å². The van der Waals surface area contributed by atoms with Gasteiger partial charge in [0, 0.05) is 6.07 Å². The minimum atomic E-state index is -0.718. The first-order valence-corrected chi connectivity index (χ1v) is 3.97. The summed E-state index contributed by atoms with van der Waals surface area (Å²) < 4.78 is 29.6. The molecular weight excluding hydrogens is 202 g/mol. The number of benzene rings is 1. The predicted molar refractivity (Wildman–Crippen MR) is 41.4 cm³/mol. The number of hydrogen-bond donors (Lipinski definition) is 0. The lowest BCUT2D eigenvalue weighted by molar-refractivity contribution is -0.447. The van der Waals surface area contributed by atoms with Crippen molar-refractivity contribution in [3.8, 4) is 0 Å². The molecule has 0 heterocycles. The minimum Gasteiger partial charge on any atom is -0.209 e. The Kier molecular flexibility index (Phi) is 4.10. The lowest BCUT2D eigenvalue weighted by Gasteiger charge is -2.00. The first-order valence-electron chi connectivity index (χ1n) is 3.23. The van der Waals surface area contributed by atoms with E-state index >= 15 is 0 Å². The molecule has 6 heteroatoms. The van der Waals surface area contributed by atoms with Crippen molar-refractivity contribution < 1.29 is 23.0 Å². The Hall–Kier alpha value is -0.690. The van der Waals surface area contributed by atoms with E-state index < -0.39 is 11.6 Å². The van der Waals surface area contributed by atoms with Gasteiger partial charge in [0.1, 0.15) is 11.6 Å². The molecule has 0 radical (unpaired) electrons. The van der Waals surface area contributed by atoms with Crippen LogP contribution in [0.5, 0.6) is 0 Å². The Morgan fingerprint density at radius 3 is 2.69 bits per heavy atom. The summed E-state index contributed by atoms with van der Waals surface area (Å²) >= 11 is 0.591. The Balaban J connectivity index is 2.56. The fourth-order valence-corrected chi connectivity index (χ4v) is 1.04. The van der Waals surface area contributed by atoms with E-state index in [1.54, 1.807) is 0 Å². The highest BCUT2D eigenvalue weighted by Crippen LogP contribution is 2.23. The standard InChI is InChI=1S/C7H6F2O3S/c1-10-11-12-13-7-3-2-5(8)4-6(7)9/h2-4H,1H3. The maximum absolute atomic E-state index is 12.8. The van der Waals surface area contributed by atoms with E-state index in [4.69, 9.17) is 0 Å². The van der Waals surface area contributed by atoms with Crippen LogP contribution in [0.2, 0.25) is 0 Å². The van der Waals surface area contributed by atoms with Crippen molar-refractivity contribution in [3.63, 3.8) is 0 Å². The maximum Gasteiger partial charge on any atom is 0.142 e. The van der Waals surface area contributed by atoms with Gasteiger partial charge in [-0.1, -0.05) is 5.04 Å². The van der Waals surface area contributed by atoms with E-state index in [1.165, 1.54) is 13.2 Å². The summed E-state index contributed by atoms with van der Waals surface area (Å²) in [6.45, 7) is 0. The van der Waals surface area contributed by atoms with Crippen molar-refractivity contribution in [1.29, 1.82) is 0 Å². The Morgan fingerprint density at radius 2 is 2.08 bits per heavy atom. The minimum absolute atomic E-state index is 0.110. The molecule has 0 aliphatic carbocycles. The van der Waals surface area contributed by atoms with Crippen LogP contribution in [0, 0.1) is 11.6 Å². The molecule has 72 valence electrons. The van der Waals surface area contributed by atoms with Gasteiger partial charge in [-0.2, -0.15) is 0 Å². The molecule has 0 atom stereocenters. The van der Waals surface area contributed by atoms with Crippen molar-refractivity contribution in [3.05, 3.63) is 29.8 Å². The van der Waals surface area contributed by atoms with Crippen LogP contribution in [-0.4, -0.2) is 7.11 Å². The fourth-order valence-electron chi connectivity index (χ4n) is 0.621. The summed E-state index contributed by atoms with van der Waals surface area (Å²) in [6, 6.07) is 3.09. The first-order chi connectivity index (χ1) is 6.24. The molecule has 1 aromatic rings. The number of hydrogen-bond acceptors (Lipinski definition) is 4. The van der Waals surface area contributed by atoms with Crippen LogP contribution >= 0.6 is 12.0 Å². The quantitative estimate of drug-likeness (QED) is 0.329. The summed E-state index contributed by atoms with van der Waals surface area (Å²) in [5, 5.41) is 4.03. The van der Waals surface area contributed by atoms with Crippen molar-refractivity contribution in [2.45, 2.75) is 4.90 Å². The van der Waals surface area contributed by atoms with E-state index in [-0.39, 0.29) is 4.90 Å². The van der Waals surface area contributed by atoms with E-state index in [9.17, 15) is 8.78 Å². The molecule has 0 unspecified atom stereocenters. The molecule has 0 N–H and O–H groups in total. The average Bonchev–Trinajstić information content (AvgIpc) is 2.09. The summed E-state index contributed by atoms with van der Waals surface area (Å²) in [7, 11) is 1.24. The van der Waals surface area contributed by atoms with Crippen LogP contribution in [-0.2, 0) is 14.3 Å². The molecule has 0 aromatic heterocycles. The van der Waals surface area contributed by atoms with Crippen LogP contribution in [0.1, 0.15) is 0 Å². The summed E-state index contributed by atoms with van der Waals surface area (Å²) in [5.41, 5.74) is 0. The zero-order valence-electron chi connectivity index (χ0n) is 6.62. The van der Waals surface area contributed by atoms with E-state index in [1.807, 2.05) is 0 Å². The second-order valence-corrected chi connectivity index (χ2v) is 2.70. The monoisotopic (exact) mass is 208 g/mol. The van der Waals surface area contributed by atoms with E-state index in [0.717, 1.165) is 12.1 Å². The normalized spacial score (nSPS) is 10.4. The highest BCUT2D eigenvalue weighted by molar-refractivity contribution is 7.94. The molecule has 0 spiro atoms. The molecule has 13 heavy (non-hydrogen) atoms. The van der Waals surface area contributed by atoms with Crippen LogP contribution in [0.15, 0.2) is 23.1 Å². The average molecular weight is 208 g/mol. The predicted octanol–water partition coefficient (Wildman–Crippen LogP) is 2.48. The molecule has 0 fully saturated rings. The smallest absolute Gasteiger partial charge is 0.142 e. The Bertz CT molecular complexity index is 282. The zero-order valence-corrected chi connectivity index (χ0v) is 7.44. The zero-order chi connectivity index (χ0) is 9.68. The Labute approximate surface area is 77.7 Å². The van der Waals surface area contributed by atoms with Gasteiger partial charge in [-0.25, -0.2) is 13.7 Å². The molecule has 3 nitrogen and oxygen atoms in total.